The Balaban J connectivity index is 1.11. The molecule has 0 unspecified atom stereocenters. The van der Waals surface area contributed by atoms with E-state index in [4.69, 9.17) is 21.9 Å². The molecule has 0 fully saturated rings. The Morgan fingerprint density at radius 3 is 1.48 bits per heavy atom. The van der Waals surface area contributed by atoms with Crippen LogP contribution in [0.1, 0.15) is 0 Å². The van der Waals surface area contributed by atoms with Crippen molar-refractivity contribution in [3.05, 3.63) is 140 Å². The molecule has 3 aromatic heterocycles. The molecule has 8 aromatic carbocycles. The summed E-state index contributed by atoms with van der Waals surface area (Å²) in [6.07, 6.45) is 0. The van der Waals surface area contributed by atoms with Gasteiger partial charge in [-0.3, -0.25) is 0 Å². The minimum absolute atomic E-state index is 0.802. The summed E-state index contributed by atoms with van der Waals surface area (Å²) in [7, 11) is 0. The lowest BCUT2D eigenvalue weighted by molar-refractivity contribution is 1.31. The summed E-state index contributed by atoms with van der Waals surface area (Å²) in [5, 5.41) is 7.23. The molecule has 244 valence electrons. The summed E-state index contributed by atoms with van der Waals surface area (Å²) in [6.45, 7) is 0. The first-order valence-electron chi connectivity index (χ1n) is 16.7. The Hall–Kier alpha value is -6.20. The van der Waals surface area contributed by atoms with Crippen molar-refractivity contribution in [2.24, 2.45) is 0 Å². The zero-order chi connectivity index (χ0) is 34.2. The van der Waals surface area contributed by atoms with Crippen LogP contribution in [0.3, 0.4) is 0 Å². The van der Waals surface area contributed by atoms with E-state index in [1.54, 1.807) is 0 Å². The van der Waals surface area contributed by atoms with Gasteiger partial charge >= 0.3 is 0 Å². The molecular formula is C42H23N7S3. The van der Waals surface area contributed by atoms with Gasteiger partial charge in [-0.05, 0) is 104 Å². The zero-order valence-electron chi connectivity index (χ0n) is 27.1. The largest absolute Gasteiger partial charge is 0.304 e. The van der Waals surface area contributed by atoms with Crippen molar-refractivity contribution >= 4 is 118 Å². The third-order valence-electron chi connectivity index (χ3n) is 9.85. The molecule has 0 saturated carbocycles. The standard InChI is InChI=1S/C42H23N7S3/c1-2-7-25-21-29(14-12-24(25)6-1)32-16-18-36(41-38(32)44-51-47-41)49(35-11-5-10-34-40(35)46-50-43-34)37-19-17-33(39-42(37)48-52-45-39)30-15-13-28-20-26-8-3-4-9-27(26)22-31(28)23-30/h1-23H. The molecule has 11 aromatic rings. The van der Waals surface area contributed by atoms with Gasteiger partial charge in [-0.2, -0.15) is 26.2 Å². The summed E-state index contributed by atoms with van der Waals surface area (Å²) in [5.74, 6) is 0. The van der Waals surface area contributed by atoms with E-state index in [9.17, 15) is 0 Å². The van der Waals surface area contributed by atoms with Gasteiger partial charge in [-0.25, -0.2) is 0 Å². The lowest BCUT2D eigenvalue weighted by atomic mass is 9.97. The lowest BCUT2D eigenvalue weighted by Crippen LogP contribution is -2.12. The first-order valence-corrected chi connectivity index (χ1v) is 18.9. The van der Waals surface area contributed by atoms with Gasteiger partial charge in [0.2, 0.25) is 0 Å². The van der Waals surface area contributed by atoms with Crippen LogP contribution in [0.5, 0.6) is 0 Å². The average Bonchev–Trinajstić information content (AvgIpc) is 3.99. The van der Waals surface area contributed by atoms with Crippen LogP contribution in [0.2, 0.25) is 0 Å². The number of aromatic nitrogens is 6. The maximum Gasteiger partial charge on any atom is 0.129 e. The highest BCUT2D eigenvalue weighted by Crippen LogP contribution is 2.46. The van der Waals surface area contributed by atoms with Crippen LogP contribution in [-0.4, -0.2) is 26.2 Å². The number of benzene rings is 8. The van der Waals surface area contributed by atoms with Crippen molar-refractivity contribution in [3.63, 3.8) is 0 Å². The fraction of sp³-hybridized carbons (Fsp3) is 0. The zero-order valence-corrected chi connectivity index (χ0v) is 29.6. The number of fused-ring (bicyclic) bond motifs is 6. The second-order valence-corrected chi connectivity index (χ2v) is 14.3. The maximum absolute atomic E-state index is 4.93. The summed E-state index contributed by atoms with van der Waals surface area (Å²) in [4.78, 5) is 2.21. The Morgan fingerprint density at radius 2 is 0.808 bits per heavy atom. The van der Waals surface area contributed by atoms with Gasteiger partial charge in [-0.1, -0.05) is 78.9 Å². The van der Waals surface area contributed by atoms with Crippen LogP contribution in [0.4, 0.5) is 17.1 Å². The molecule has 0 radical (unpaired) electrons. The summed E-state index contributed by atoms with van der Waals surface area (Å²) < 4.78 is 28.9. The van der Waals surface area contributed by atoms with Crippen molar-refractivity contribution in [2.75, 3.05) is 4.90 Å². The van der Waals surface area contributed by atoms with Crippen LogP contribution >= 0.6 is 35.2 Å². The average molecular weight is 722 g/mol. The molecule has 11 rings (SSSR count). The van der Waals surface area contributed by atoms with Crippen LogP contribution < -0.4 is 4.90 Å². The molecule has 0 aliphatic carbocycles. The molecule has 7 nitrogen and oxygen atoms in total. The summed E-state index contributed by atoms with van der Waals surface area (Å²) in [5.41, 5.74) is 11.8. The van der Waals surface area contributed by atoms with E-state index in [1.165, 1.54) is 67.5 Å². The van der Waals surface area contributed by atoms with E-state index in [1.807, 2.05) is 12.1 Å². The second-order valence-electron chi connectivity index (χ2n) is 12.8. The van der Waals surface area contributed by atoms with Gasteiger partial charge in [0.05, 0.1) is 52.2 Å². The van der Waals surface area contributed by atoms with E-state index in [0.29, 0.717) is 0 Å². The van der Waals surface area contributed by atoms with E-state index in [-0.39, 0.29) is 0 Å². The maximum atomic E-state index is 4.93. The minimum atomic E-state index is 0.802. The van der Waals surface area contributed by atoms with E-state index in [2.05, 4.69) is 137 Å². The molecule has 52 heavy (non-hydrogen) atoms. The van der Waals surface area contributed by atoms with Crippen molar-refractivity contribution in [2.45, 2.75) is 0 Å². The Labute approximate surface area is 309 Å². The molecular weight excluding hydrogens is 699 g/mol. The highest BCUT2D eigenvalue weighted by atomic mass is 32.1. The van der Waals surface area contributed by atoms with Crippen LogP contribution in [-0.2, 0) is 0 Å². The van der Waals surface area contributed by atoms with Crippen LogP contribution in [0.15, 0.2) is 140 Å². The van der Waals surface area contributed by atoms with Crippen molar-refractivity contribution in [3.8, 4) is 22.3 Å². The quantitative estimate of drug-likeness (QED) is 0.164. The molecule has 10 heteroatoms. The van der Waals surface area contributed by atoms with E-state index in [0.717, 1.165) is 72.4 Å². The topological polar surface area (TPSA) is 80.6 Å². The molecule has 0 aliphatic rings. The molecule has 0 amide bonds. The molecule has 3 heterocycles. The highest BCUT2D eigenvalue weighted by Gasteiger charge is 2.26. The Bertz CT molecular complexity index is 3180. The van der Waals surface area contributed by atoms with Gasteiger partial charge in [-0.15, -0.1) is 0 Å². The first kappa shape index (κ1) is 29.5. The molecule has 0 aliphatic heterocycles. The smallest absolute Gasteiger partial charge is 0.129 e. The van der Waals surface area contributed by atoms with Crippen molar-refractivity contribution < 1.29 is 0 Å². The fourth-order valence-corrected chi connectivity index (χ4v) is 9.04. The molecule has 0 spiro atoms. The van der Waals surface area contributed by atoms with Gasteiger partial charge in [0.15, 0.2) is 0 Å². The SMILES string of the molecule is c1ccc2cc(-c3ccc(N(c4cccc5nsnc45)c4ccc(-c5ccc6cc7ccccc7cc6c5)c5nsnc45)c4nsnc34)ccc2c1. The normalized spacial score (nSPS) is 11.8. The fourth-order valence-electron chi connectivity index (χ4n) is 7.36. The van der Waals surface area contributed by atoms with E-state index >= 15 is 0 Å². The monoisotopic (exact) mass is 721 g/mol. The first-order chi connectivity index (χ1) is 25.8. The van der Waals surface area contributed by atoms with E-state index < -0.39 is 0 Å². The summed E-state index contributed by atoms with van der Waals surface area (Å²) >= 11 is 3.65. The number of rotatable bonds is 5. The Kier molecular flexibility index (Phi) is 6.63. The van der Waals surface area contributed by atoms with Crippen molar-refractivity contribution in [1.29, 1.82) is 0 Å². The molecule has 0 bridgehead atoms. The predicted octanol–water partition coefficient (Wildman–Crippen LogP) is 12.0. The summed E-state index contributed by atoms with van der Waals surface area (Å²) in [6, 6.07) is 49.3. The lowest BCUT2D eigenvalue weighted by Gasteiger charge is -2.26. The third-order valence-corrected chi connectivity index (χ3v) is 11.5. The number of hydrogen-bond acceptors (Lipinski definition) is 10. The van der Waals surface area contributed by atoms with Gasteiger partial charge in [0, 0.05) is 11.1 Å². The number of hydrogen-bond donors (Lipinski definition) is 0. The van der Waals surface area contributed by atoms with Crippen molar-refractivity contribution in [1.82, 2.24) is 26.2 Å². The third kappa shape index (κ3) is 4.62. The molecule has 0 atom stereocenters. The van der Waals surface area contributed by atoms with Gasteiger partial charge in [0.25, 0.3) is 0 Å². The van der Waals surface area contributed by atoms with Crippen LogP contribution in [0, 0.1) is 0 Å². The predicted molar refractivity (Wildman–Crippen MR) is 217 cm³/mol. The Morgan fingerprint density at radius 1 is 0.327 bits per heavy atom. The number of nitrogens with zero attached hydrogens (tertiary/aromatic N) is 7. The second kappa shape index (κ2) is 11.7. The minimum Gasteiger partial charge on any atom is -0.304 e. The molecule has 0 N–H and O–H groups in total. The molecule has 0 saturated heterocycles. The van der Waals surface area contributed by atoms with Crippen LogP contribution in [0.25, 0.3) is 87.7 Å². The van der Waals surface area contributed by atoms with Gasteiger partial charge < -0.3 is 4.90 Å². The highest BCUT2D eigenvalue weighted by molar-refractivity contribution is 7.00. The number of anilines is 3. The van der Waals surface area contributed by atoms with Gasteiger partial charge in [0.1, 0.15) is 33.1 Å².